The van der Waals surface area contributed by atoms with Gasteiger partial charge in [-0.05, 0) is 56.5 Å². The van der Waals surface area contributed by atoms with E-state index in [-0.39, 0.29) is 24.4 Å². The maximum absolute atomic E-state index is 12.9. The number of nitrogens with one attached hydrogen (secondary N) is 2. The van der Waals surface area contributed by atoms with E-state index in [9.17, 15) is 4.79 Å². The quantitative estimate of drug-likeness (QED) is 0.632. The molecular weight excluding hydrogens is 398 g/mol. The predicted molar refractivity (Wildman–Crippen MR) is 120 cm³/mol. The highest BCUT2D eigenvalue weighted by Crippen LogP contribution is 2.19. The van der Waals surface area contributed by atoms with Gasteiger partial charge in [0, 0.05) is 18.9 Å². The lowest BCUT2D eigenvalue weighted by Crippen LogP contribution is -2.33. The molecule has 2 atom stereocenters. The van der Waals surface area contributed by atoms with Crippen LogP contribution in [-0.2, 0) is 6.42 Å². The van der Waals surface area contributed by atoms with Gasteiger partial charge in [-0.2, -0.15) is 5.10 Å². The van der Waals surface area contributed by atoms with E-state index in [0.29, 0.717) is 18.2 Å². The number of halogens is 1. The molecule has 0 aliphatic carbocycles. The van der Waals surface area contributed by atoms with Crippen LogP contribution in [0.25, 0.3) is 0 Å². The van der Waals surface area contributed by atoms with E-state index in [4.69, 9.17) is 0 Å². The van der Waals surface area contributed by atoms with Crippen molar-refractivity contribution >= 4 is 18.3 Å². The molecule has 3 aromatic rings. The Balaban J connectivity index is 0.00000256. The van der Waals surface area contributed by atoms with Gasteiger partial charge in [0.15, 0.2) is 0 Å². The summed E-state index contributed by atoms with van der Waals surface area (Å²) in [5, 5.41) is 11.1. The summed E-state index contributed by atoms with van der Waals surface area (Å²) in [7, 11) is 0. The first-order chi connectivity index (χ1) is 14.2. The van der Waals surface area contributed by atoms with Crippen LogP contribution < -0.4 is 10.6 Å². The van der Waals surface area contributed by atoms with E-state index < -0.39 is 0 Å². The molecule has 1 fully saturated rings. The minimum atomic E-state index is -0.215. The number of hydrogen-bond donors (Lipinski definition) is 2. The monoisotopic (exact) mass is 425 g/mol. The molecule has 1 aliphatic rings. The fraction of sp³-hybridized carbons (Fsp3) is 0.348. The van der Waals surface area contributed by atoms with Gasteiger partial charge in [-0.3, -0.25) is 14.5 Å². The van der Waals surface area contributed by atoms with Gasteiger partial charge in [0.25, 0.3) is 5.91 Å². The van der Waals surface area contributed by atoms with E-state index in [1.165, 1.54) is 5.56 Å². The molecule has 7 heteroatoms. The third-order valence-corrected chi connectivity index (χ3v) is 5.40. The molecule has 30 heavy (non-hydrogen) atoms. The van der Waals surface area contributed by atoms with Gasteiger partial charge < -0.3 is 10.6 Å². The molecule has 2 N–H and O–H groups in total. The van der Waals surface area contributed by atoms with Crippen LogP contribution in [0.3, 0.4) is 0 Å². The molecular formula is C23H28ClN5O. The molecule has 1 aliphatic heterocycles. The van der Waals surface area contributed by atoms with Crippen LogP contribution in [0.4, 0.5) is 0 Å². The van der Waals surface area contributed by atoms with Crippen molar-refractivity contribution in [3.05, 3.63) is 83.4 Å². The molecule has 6 nitrogen and oxygen atoms in total. The number of benzene rings is 1. The van der Waals surface area contributed by atoms with Gasteiger partial charge >= 0.3 is 0 Å². The second-order valence-electron chi connectivity index (χ2n) is 7.65. The van der Waals surface area contributed by atoms with E-state index in [0.717, 1.165) is 37.2 Å². The lowest BCUT2D eigenvalue weighted by molar-refractivity contribution is 0.0929. The topological polar surface area (TPSA) is 71.8 Å². The van der Waals surface area contributed by atoms with Crippen LogP contribution in [0.5, 0.6) is 0 Å². The van der Waals surface area contributed by atoms with Crippen molar-refractivity contribution in [3.8, 4) is 0 Å². The number of carbonyl (C=O) groups is 1. The minimum absolute atomic E-state index is 0. The lowest BCUT2D eigenvalue weighted by atomic mass is 10.0. The first kappa shape index (κ1) is 22.0. The Morgan fingerprint density at radius 3 is 2.77 bits per heavy atom. The standard InChI is InChI=1S/C23H27N5O.ClH/c1-17-7-9-18(10-8-17)15-22(20-6-2-3-13-25-20)26-23(29)21-11-14-28(27-21)19-5-4-12-24-16-19;/h2-3,6-11,13-14,19,22,24H,4-5,12,15-16H2,1H3,(H,26,29);1H. The number of aryl methyl sites for hydroxylation is 1. The molecule has 0 radical (unpaired) electrons. The molecule has 158 valence electrons. The Morgan fingerprint density at radius 2 is 2.07 bits per heavy atom. The highest BCUT2D eigenvalue weighted by molar-refractivity contribution is 5.92. The van der Waals surface area contributed by atoms with Crippen molar-refractivity contribution in [1.82, 2.24) is 25.4 Å². The highest BCUT2D eigenvalue weighted by atomic mass is 35.5. The van der Waals surface area contributed by atoms with Crippen LogP contribution in [0.2, 0.25) is 0 Å². The SMILES string of the molecule is Cc1ccc(CC(NC(=O)c2ccn(C3CCCNC3)n2)c2ccccn2)cc1.Cl. The molecule has 2 unspecified atom stereocenters. The van der Waals surface area contributed by atoms with Crippen LogP contribution in [0, 0.1) is 6.92 Å². The van der Waals surface area contributed by atoms with Gasteiger partial charge in [-0.15, -0.1) is 12.4 Å². The molecule has 1 amide bonds. The molecule has 0 bridgehead atoms. The summed E-state index contributed by atoms with van der Waals surface area (Å²) in [4.78, 5) is 17.4. The fourth-order valence-corrected chi connectivity index (χ4v) is 3.73. The summed E-state index contributed by atoms with van der Waals surface area (Å²) in [5.74, 6) is -0.171. The molecule has 1 saturated heterocycles. The van der Waals surface area contributed by atoms with E-state index in [1.807, 2.05) is 29.1 Å². The fourth-order valence-electron chi connectivity index (χ4n) is 3.73. The molecule has 3 heterocycles. The Morgan fingerprint density at radius 1 is 1.23 bits per heavy atom. The van der Waals surface area contributed by atoms with Crippen molar-refractivity contribution < 1.29 is 4.79 Å². The van der Waals surface area contributed by atoms with E-state index >= 15 is 0 Å². The lowest BCUT2D eigenvalue weighted by Gasteiger charge is -2.23. The zero-order valence-electron chi connectivity index (χ0n) is 17.1. The molecule has 4 rings (SSSR count). The largest absolute Gasteiger partial charge is 0.342 e. The summed E-state index contributed by atoms with van der Waals surface area (Å²) < 4.78 is 1.91. The van der Waals surface area contributed by atoms with Crippen LogP contribution in [-0.4, -0.2) is 33.8 Å². The second kappa shape index (κ2) is 10.4. The summed E-state index contributed by atoms with van der Waals surface area (Å²) in [5.41, 5.74) is 3.66. The predicted octanol–water partition coefficient (Wildman–Crippen LogP) is 3.65. The smallest absolute Gasteiger partial charge is 0.272 e. The first-order valence-corrected chi connectivity index (χ1v) is 10.2. The van der Waals surface area contributed by atoms with Gasteiger partial charge in [0.1, 0.15) is 5.69 Å². The van der Waals surface area contributed by atoms with Crippen molar-refractivity contribution in [2.24, 2.45) is 0 Å². The van der Waals surface area contributed by atoms with Gasteiger partial charge in [0.2, 0.25) is 0 Å². The Hall–Kier alpha value is -2.70. The van der Waals surface area contributed by atoms with Gasteiger partial charge in [0.05, 0.1) is 17.8 Å². The van der Waals surface area contributed by atoms with Crippen LogP contribution in [0.15, 0.2) is 60.9 Å². The Bertz CT molecular complexity index is 936. The van der Waals surface area contributed by atoms with Gasteiger partial charge in [-0.25, -0.2) is 0 Å². The zero-order valence-corrected chi connectivity index (χ0v) is 17.9. The molecule has 0 spiro atoms. The Kier molecular flexibility index (Phi) is 7.60. The summed E-state index contributed by atoms with van der Waals surface area (Å²) >= 11 is 0. The van der Waals surface area contributed by atoms with Crippen molar-refractivity contribution in [1.29, 1.82) is 0 Å². The first-order valence-electron chi connectivity index (χ1n) is 10.2. The number of amides is 1. The number of aromatic nitrogens is 3. The minimum Gasteiger partial charge on any atom is -0.342 e. The molecule has 2 aromatic heterocycles. The highest BCUT2D eigenvalue weighted by Gasteiger charge is 2.21. The van der Waals surface area contributed by atoms with Gasteiger partial charge in [-0.1, -0.05) is 35.9 Å². The third kappa shape index (κ3) is 5.46. The summed E-state index contributed by atoms with van der Waals surface area (Å²) in [6.45, 7) is 4.02. The van der Waals surface area contributed by atoms with Crippen molar-refractivity contribution in [2.75, 3.05) is 13.1 Å². The van der Waals surface area contributed by atoms with E-state index in [1.54, 1.807) is 12.3 Å². The average Bonchev–Trinajstić information content (AvgIpc) is 3.26. The van der Waals surface area contributed by atoms with Crippen LogP contribution in [0.1, 0.15) is 52.2 Å². The maximum Gasteiger partial charge on any atom is 0.272 e. The average molecular weight is 426 g/mol. The normalized spacial score (nSPS) is 17.0. The third-order valence-electron chi connectivity index (χ3n) is 5.40. The number of hydrogen-bond acceptors (Lipinski definition) is 4. The number of rotatable bonds is 6. The summed E-state index contributed by atoms with van der Waals surface area (Å²) in [6.07, 6.45) is 6.55. The molecule has 1 aromatic carbocycles. The number of piperidine rings is 1. The second-order valence-corrected chi connectivity index (χ2v) is 7.65. The maximum atomic E-state index is 12.9. The summed E-state index contributed by atoms with van der Waals surface area (Å²) in [6, 6.07) is 16.0. The number of carbonyl (C=O) groups excluding carboxylic acids is 1. The zero-order chi connectivity index (χ0) is 20.1. The number of nitrogens with zero attached hydrogens (tertiary/aromatic N) is 3. The molecule has 0 saturated carbocycles. The van der Waals surface area contributed by atoms with Crippen LogP contribution >= 0.6 is 12.4 Å². The van der Waals surface area contributed by atoms with Crippen molar-refractivity contribution in [2.45, 2.75) is 38.3 Å². The Labute approximate surface area is 183 Å². The number of pyridine rings is 1. The van der Waals surface area contributed by atoms with Crippen molar-refractivity contribution in [3.63, 3.8) is 0 Å². The van der Waals surface area contributed by atoms with E-state index in [2.05, 4.69) is 51.9 Å².